The van der Waals surface area contributed by atoms with Crippen LogP contribution in [-0.4, -0.2) is 23.4 Å². The van der Waals surface area contributed by atoms with E-state index in [2.05, 4.69) is 13.8 Å². The Hall–Kier alpha value is -1.35. The number of nitrogens with zero attached hydrogens (tertiary/aromatic N) is 1. The van der Waals surface area contributed by atoms with Gasteiger partial charge in [0, 0.05) is 24.7 Å². The van der Waals surface area contributed by atoms with Gasteiger partial charge in [0.2, 0.25) is 0 Å². The Labute approximate surface area is 103 Å². The lowest BCUT2D eigenvalue weighted by Gasteiger charge is -2.21. The van der Waals surface area contributed by atoms with E-state index in [1.807, 2.05) is 29.2 Å². The zero-order chi connectivity index (χ0) is 12.4. The Bertz CT molecular complexity index is 399. The Balaban J connectivity index is 2.13. The van der Waals surface area contributed by atoms with E-state index in [4.69, 9.17) is 5.73 Å². The SMILES string of the molecule is CC1CC(C)N(C(=O)c2ccc(CN)cc2)C1. The predicted molar refractivity (Wildman–Crippen MR) is 68.6 cm³/mol. The van der Waals surface area contributed by atoms with Crippen LogP contribution >= 0.6 is 0 Å². The van der Waals surface area contributed by atoms with Crippen molar-refractivity contribution in [2.24, 2.45) is 11.7 Å². The molecule has 1 saturated heterocycles. The Kier molecular flexibility index (Phi) is 3.48. The van der Waals surface area contributed by atoms with E-state index in [1.54, 1.807) is 0 Å². The van der Waals surface area contributed by atoms with Crippen LogP contribution in [0.5, 0.6) is 0 Å². The molecule has 0 saturated carbocycles. The van der Waals surface area contributed by atoms with E-state index in [0.29, 0.717) is 18.5 Å². The largest absolute Gasteiger partial charge is 0.336 e. The summed E-state index contributed by atoms with van der Waals surface area (Å²) in [6.45, 7) is 5.71. The summed E-state index contributed by atoms with van der Waals surface area (Å²) >= 11 is 0. The highest BCUT2D eigenvalue weighted by Crippen LogP contribution is 2.24. The molecule has 1 amide bonds. The van der Waals surface area contributed by atoms with Gasteiger partial charge in [-0.2, -0.15) is 0 Å². The first-order valence-electron chi connectivity index (χ1n) is 6.21. The molecular weight excluding hydrogens is 212 g/mol. The summed E-state index contributed by atoms with van der Waals surface area (Å²) in [5.41, 5.74) is 7.37. The fraction of sp³-hybridized carbons (Fsp3) is 0.500. The van der Waals surface area contributed by atoms with Crippen molar-refractivity contribution in [2.45, 2.75) is 32.9 Å². The lowest BCUT2D eigenvalue weighted by atomic mass is 10.1. The first-order chi connectivity index (χ1) is 8.11. The summed E-state index contributed by atoms with van der Waals surface area (Å²) < 4.78 is 0. The minimum Gasteiger partial charge on any atom is -0.336 e. The second-order valence-corrected chi connectivity index (χ2v) is 5.05. The maximum Gasteiger partial charge on any atom is 0.254 e. The molecule has 2 rings (SSSR count). The zero-order valence-electron chi connectivity index (χ0n) is 10.5. The Morgan fingerprint density at radius 3 is 2.47 bits per heavy atom. The van der Waals surface area contributed by atoms with Crippen molar-refractivity contribution >= 4 is 5.91 Å². The second-order valence-electron chi connectivity index (χ2n) is 5.05. The number of benzene rings is 1. The fourth-order valence-electron chi connectivity index (χ4n) is 2.53. The minimum atomic E-state index is 0.144. The average Bonchev–Trinajstić information content (AvgIpc) is 2.68. The number of rotatable bonds is 2. The van der Waals surface area contributed by atoms with E-state index >= 15 is 0 Å². The third kappa shape index (κ3) is 2.50. The summed E-state index contributed by atoms with van der Waals surface area (Å²) in [7, 11) is 0. The van der Waals surface area contributed by atoms with E-state index in [9.17, 15) is 4.79 Å². The third-order valence-electron chi connectivity index (χ3n) is 3.48. The minimum absolute atomic E-state index is 0.144. The molecule has 2 N–H and O–H groups in total. The van der Waals surface area contributed by atoms with Crippen molar-refractivity contribution in [3.8, 4) is 0 Å². The van der Waals surface area contributed by atoms with Crippen LogP contribution < -0.4 is 5.73 Å². The molecule has 0 aliphatic carbocycles. The summed E-state index contributed by atoms with van der Waals surface area (Å²) in [5, 5.41) is 0. The van der Waals surface area contributed by atoms with E-state index < -0.39 is 0 Å². The highest BCUT2D eigenvalue weighted by Gasteiger charge is 2.30. The molecule has 1 fully saturated rings. The Morgan fingerprint density at radius 1 is 1.35 bits per heavy atom. The number of amides is 1. The summed E-state index contributed by atoms with van der Waals surface area (Å²) in [6.07, 6.45) is 1.10. The van der Waals surface area contributed by atoms with Crippen molar-refractivity contribution in [3.05, 3.63) is 35.4 Å². The van der Waals surface area contributed by atoms with Gasteiger partial charge >= 0.3 is 0 Å². The molecule has 1 aromatic carbocycles. The molecule has 2 unspecified atom stereocenters. The number of carbonyl (C=O) groups is 1. The third-order valence-corrected chi connectivity index (χ3v) is 3.48. The molecule has 0 bridgehead atoms. The van der Waals surface area contributed by atoms with Crippen LogP contribution in [0, 0.1) is 5.92 Å². The maximum absolute atomic E-state index is 12.3. The van der Waals surface area contributed by atoms with E-state index in [1.165, 1.54) is 0 Å². The molecule has 1 aromatic rings. The first-order valence-corrected chi connectivity index (χ1v) is 6.21. The van der Waals surface area contributed by atoms with Gasteiger partial charge in [-0.05, 0) is 37.0 Å². The summed E-state index contributed by atoms with van der Waals surface area (Å²) in [5.74, 6) is 0.752. The molecule has 1 aliphatic rings. The van der Waals surface area contributed by atoms with Crippen LogP contribution in [0.15, 0.2) is 24.3 Å². The van der Waals surface area contributed by atoms with Crippen molar-refractivity contribution in [1.82, 2.24) is 4.90 Å². The van der Waals surface area contributed by atoms with Crippen molar-refractivity contribution < 1.29 is 4.79 Å². The molecule has 3 nitrogen and oxygen atoms in total. The van der Waals surface area contributed by atoms with Gasteiger partial charge in [-0.3, -0.25) is 4.79 Å². The van der Waals surface area contributed by atoms with Gasteiger partial charge in [0.15, 0.2) is 0 Å². The average molecular weight is 232 g/mol. The molecule has 1 heterocycles. The van der Waals surface area contributed by atoms with Gasteiger partial charge in [0.25, 0.3) is 5.91 Å². The fourth-order valence-corrected chi connectivity index (χ4v) is 2.53. The highest BCUT2D eigenvalue weighted by molar-refractivity contribution is 5.94. The van der Waals surface area contributed by atoms with Crippen molar-refractivity contribution in [2.75, 3.05) is 6.54 Å². The molecule has 1 aliphatic heterocycles. The smallest absolute Gasteiger partial charge is 0.254 e. The van der Waals surface area contributed by atoms with Crippen LogP contribution in [0.1, 0.15) is 36.2 Å². The lowest BCUT2D eigenvalue weighted by Crippen LogP contribution is -2.33. The van der Waals surface area contributed by atoms with Gasteiger partial charge in [0.05, 0.1) is 0 Å². The van der Waals surface area contributed by atoms with Crippen LogP contribution in [0.2, 0.25) is 0 Å². The lowest BCUT2D eigenvalue weighted by molar-refractivity contribution is 0.0744. The molecular formula is C14H20N2O. The van der Waals surface area contributed by atoms with Gasteiger partial charge < -0.3 is 10.6 Å². The van der Waals surface area contributed by atoms with Crippen LogP contribution in [0.25, 0.3) is 0 Å². The van der Waals surface area contributed by atoms with Gasteiger partial charge in [-0.25, -0.2) is 0 Å². The first kappa shape index (κ1) is 12.1. The summed E-state index contributed by atoms with van der Waals surface area (Å²) in [6, 6.07) is 7.96. The van der Waals surface area contributed by atoms with Gasteiger partial charge in [-0.15, -0.1) is 0 Å². The van der Waals surface area contributed by atoms with Crippen molar-refractivity contribution in [3.63, 3.8) is 0 Å². The van der Waals surface area contributed by atoms with Crippen LogP contribution in [0.4, 0.5) is 0 Å². The normalized spacial score (nSPS) is 24.1. The number of carbonyl (C=O) groups excluding carboxylic acids is 1. The van der Waals surface area contributed by atoms with Crippen LogP contribution in [-0.2, 0) is 6.54 Å². The molecule has 0 radical (unpaired) electrons. The van der Waals surface area contributed by atoms with Crippen LogP contribution in [0.3, 0.4) is 0 Å². The van der Waals surface area contributed by atoms with Gasteiger partial charge in [-0.1, -0.05) is 19.1 Å². The molecule has 2 atom stereocenters. The molecule has 17 heavy (non-hydrogen) atoms. The standard InChI is InChI=1S/C14H20N2O/c1-10-7-11(2)16(9-10)14(17)13-5-3-12(8-15)4-6-13/h3-6,10-11H,7-9,15H2,1-2H3. The zero-order valence-corrected chi connectivity index (χ0v) is 10.5. The molecule has 0 aromatic heterocycles. The maximum atomic E-state index is 12.3. The summed E-state index contributed by atoms with van der Waals surface area (Å²) in [4.78, 5) is 14.3. The molecule has 92 valence electrons. The molecule has 0 spiro atoms. The number of nitrogens with two attached hydrogens (primary N) is 1. The van der Waals surface area contributed by atoms with Crippen molar-refractivity contribution in [1.29, 1.82) is 0 Å². The quantitative estimate of drug-likeness (QED) is 0.848. The number of hydrogen-bond acceptors (Lipinski definition) is 2. The monoisotopic (exact) mass is 232 g/mol. The predicted octanol–water partition coefficient (Wildman–Crippen LogP) is 2.02. The van der Waals surface area contributed by atoms with E-state index in [-0.39, 0.29) is 5.91 Å². The number of likely N-dealkylation sites (tertiary alicyclic amines) is 1. The number of hydrogen-bond donors (Lipinski definition) is 1. The second kappa shape index (κ2) is 4.88. The topological polar surface area (TPSA) is 46.3 Å². The molecule has 3 heteroatoms. The van der Waals surface area contributed by atoms with Gasteiger partial charge in [0.1, 0.15) is 0 Å². The van der Waals surface area contributed by atoms with E-state index in [0.717, 1.165) is 24.1 Å². The highest BCUT2D eigenvalue weighted by atomic mass is 16.2. The Morgan fingerprint density at radius 2 is 2.00 bits per heavy atom.